The van der Waals surface area contributed by atoms with Gasteiger partial charge in [0.25, 0.3) is 0 Å². The van der Waals surface area contributed by atoms with E-state index in [-0.39, 0.29) is 41.6 Å². The summed E-state index contributed by atoms with van der Waals surface area (Å²) in [6, 6.07) is 0. The summed E-state index contributed by atoms with van der Waals surface area (Å²) in [5.41, 5.74) is 4.26. The van der Waals surface area contributed by atoms with Crippen molar-refractivity contribution in [2.75, 3.05) is 37.8 Å². The molecule has 2 unspecified atom stereocenters. The topological polar surface area (TPSA) is 381 Å². The molecule has 29 heteroatoms. The molecule has 10 N–H and O–H groups in total. The number of nitrogens with zero attached hydrogens (tertiary/aromatic N) is 4. The Morgan fingerprint density at radius 2 is 1.65 bits per heavy atom. The van der Waals surface area contributed by atoms with E-state index < -0.39 is 84.6 Å². The van der Waals surface area contributed by atoms with Gasteiger partial charge in [-0.15, -0.1) is 0 Å². The van der Waals surface area contributed by atoms with Crippen LogP contribution in [0.2, 0.25) is 0 Å². The maximum absolute atomic E-state index is 12.7. The molecule has 340 valence electrons. The van der Waals surface area contributed by atoms with Gasteiger partial charge in [0.15, 0.2) is 22.8 Å². The second kappa shape index (κ2) is 23.6. The number of fused-ring (bicyclic) bond motifs is 1. The zero-order valence-electron chi connectivity index (χ0n) is 32.7. The molecule has 1 aliphatic heterocycles. The molecule has 2 aromatic heterocycles. The first-order valence-corrected chi connectivity index (χ1v) is 24.0. The largest absolute Gasteiger partial charge is 0.481 e. The Hall–Kier alpha value is -2.77. The number of thioether (sulfide) groups is 1. The standard InChI is InChI=1S/C31H52N7O18P3S/c1-31(2,26(43)29(44)34-12-11-21(40)33-13-15-60-22(41)10-8-6-4-3-5-7-9-14-39)17-53-59(50,51)56-58(48,49)52-16-20-25(55-57(45,46)47)24(42)30(54-20)38-19-37-23-27(32)35-18-36-28(23)38/h14,18-20,24-26,30,42-43H,3-13,15-17H2,1-2H3,(H,33,40)(H,34,44)(H,48,49)(H,50,51)(H2,32,35,36)(H2,45,46,47)/t20-,24-,25-,26+,30-/m1/s1. The molecule has 1 aliphatic rings. The fourth-order valence-electron chi connectivity index (χ4n) is 5.57. The Morgan fingerprint density at radius 3 is 2.33 bits per heavy atom. The quantitative estimate of drug-likeness (QED) is 0.0326. The maximum atomic E-state index is 12.7. The number of aliphatic hydroxyl groups excluding tert-OH is 2. The first-order valence-electron chi connectivity index (χ1n) is 18.5. The molecular formula is C31H52N7O18P3S. The molecule has 1 fully saturated rings. The third-order valence-electron chi connectivity index (χ3n) is 8.72. The molecule has 7 atom stereocenters. The fourth-order valence-corrected chi connectivity index (χ4v) is 9.12. The van der Waals surface area contributed by atoms with E-state index in [4.69, 9.17) is 19.5 Å². The minimum absolute atomic E-state index is 0.0159. The maximum Gasteiger partial charge on any atom is 0.481 e. The van der Waals surface area contributed by atoms with Gasteiger partial charge in [0, 0.05) is 43.5 Å². The van der Waals surface area contributed by atoms with Crippen LogP contribution in [0, 0.1) is 5.41 Å². The molecule has 3 rings (SSSR count). The molecular weight excluding hydrogens is 883 g/mol. The Bertz CT molecular complexity index is 1900. The number of rotatable bonds is 28. The molecule has 0 saturated carbocycles. The molecule has 0 bridgehead atoms. The minimum Gasteiger partial charge on any atom is -0.386 e. The predicted molar refractivity (Wildman–Crippen MR) is 210 cm³/mol. The van der Waals surface area contributed by atoms with Crippen molar-refractivity contribution in [3.63, 3.8) is 0 Å². The Kier molecular flexibility index (Phi) is 20.3. The molecule has 2 amide bonds. The number of ether oxygens (including phenoxy) is 1. The van der Waals surface area contributed by atoms with Gasteiger partial charge in [-0.05, 0) is 12.8 Å². The lowest BCUT2D eigenvalue weighted by Gasteiger charge is -2.30. The number of nitrogens with one attached hydrogen (secondary N) is 2. The molecule has 3 heterocycles. The van der Waals surface area contributed by atoms with Crippen LogP contribution < -0.4 is 16.4 Å². The van der Waals surface area contributed by atoms with E-state index in [1.807, 2.05) is 0 Å². The average molecular weight is 936 g/mol. The number of hydrogen-bond acceptors (Lipinski definition) is 19. The zero-order valence-corrected chi connectivity index (χ0v) is 36.2. The van der Waals surface area contributed by atoms with Crippen LogP contribution in [0.5, 0.6) is 0 Å². The van der Waals surface area contributed by atoms with E-state index in [2.05, 4.69) is 34.4 Å². The molecule has 0 aliphatic carbocycles. The van der Waals surface area contributed by atoms with Crippen LogP contribution in [0.15, 0.2) is 12.7 Å². The predicted octanol–water partition coefficient (Wildman–Crippen LogP) is 0.984. The van der Waals surface area contributed by atoms with Gasteiger partial charge >= 0.3 is 23.5 Å². The van der Waals surface area contributed by atoms with Gasteiger partial charge in [-0.25, -0.2) is 28.6 Å². The van der Waals surface area contributed by atoms with E-state index in [1.54, 1.807) is 0 Å². The number of aldehydes is 1. The summed E-state index contributed by atoms with van der Waals surface area (Å²) < 4.78 is 62.2. The summed E-state index contributed by atoms with van der Waals surface area (Å²) in [7, 11) is -16.4. The number of carbonyl (C=O) groups excluding carboxylic acids is 4. The van der Waals surface area contributed by atoms with Crippen LogP contribution in [-0.2, 0) is 55.5 Å². The highest BCUT2D eigenvalue weighted by Crippen LogP contribution is 2.61. The number of nitrogen functional groups attached to an aromatic ring is 1. The van der Waals surface area contributed by atoms with Crippen LogP contribution in [-0.4, -0.2) is 129 Å². The Labute approximate surface area is 348 Å². The SMILES string of the molecule is CC(C)(COP(=O)(O)OP(=O)(O)OC[C@H]1O[C@@H](n2cnc3c(N)ncnc32)[C@H](O)[C@@H]1OP(=O)(O)O)[C@@H](O)C(=O)NCCC(=O)NCCSC(=O)CCCCCCCCC=O. The van der Waals surface area contributed by atoms with Gasteiger partial charge in [-0.3, -0.25) is 32.5 Å². The van der Waals surface area contributed by atoms with Crippen LogP contribution in [0.25, 0.3) is 11.2 Å². The molecule has 1 saturated heterocycles. The highest BCUT2D eigenvalue weighted by Gasteiger charge is 2.50. The molecule has 2 aromatic rings. The van der Waals surface area contributed by atoms with Gasteiger partial charge in [0.05, 0.1) is 19.5 Å². The number of aliphatic hydroxyl groups is 2. The summed E-state index contributed by atoms with van der Waals surface area (Å²) in [6.07, 6.45) is 0.547. The summed E-state index contributed by atoms with van der Waals surface area (Å²) in [4.78, 5) is 98.1. The number of nitrogens with two attached hydrogens (primary N) is 1. The third-order valence-corrected chi connectivity index (χ3v) is 12.8. The fraction of sp³-hybridized carbons (Fsp3) is 0.710. The second-order valence-electron chi connectivity index (χ2n) is 14.1. The van der Waals surface area contributed by atoms with Gasteiger partial charge in [-0.1, -0.05) is 51.3 Å². The van der Waals surface area contributed by atoms with E-state index in [0.29, 0.717) is 18.6 Å². The lowest BCUT2D eigenvalue weighted by molar-refractivity contribution is -0.137. The summed E-state index contributed by atoms with van der Waals surface area (Å²) in [5.74, 6) is -1.10. The smallest absolute Gasteiger partial charge is 0.386 e. The van der Waals surface area contributed by atoms with Crippen LogP contribution in [0.1, 0.15) is 77.9 Å². The van der Waals surface area contributed by atoms with E-state index >= 15 is 0 Å². The highest BCUT2D eigenvalue weighted by molar-refractivity contribution is 8.13. The number of unbranched alkanes of at least 4 members (excludes halogenated alkanes) is 6. The number of phosphoric ester groups is 3. The molecule has 60 heavy (non-hydrogen) atoms. The average Bonchev–Trinajstić information content (AvgIpc) is 3.72. The number of carbonyl (C=O) groups is 4. The normalized spacial score (nSPS) is 20.9. The van der Waals surface area contributed by atoms with Crippen molar-refractivity contribution in [2.24, 2.45) is 5.41 Å². The van der Waals surface area contributed by atoms with Gasteiger partial charge < -0.3 is 55.7 Å². The second-order valence-corrected chi connectivity index (χ2v) is 19.5. The van der Waals surface area contributed by atoms with Gasteiger partial charge in [0.1, 0.15) is 42.5 Å². The Morgan fingerprint density at radius 1 is 0.983 bits per heavy atom. The first kappa shape index (κ1) is 51.6. The summed E-state index contributed by atoms with van der Waals surface area (Å²) in [5, 5.41) is 26.5. The van der Waals surface area contributed by atoms with Crippen molar-refractivity contribution >= 4 is 75.4 Å². The number of aromatic nitrogens is 4. The van der Waals surface area contributed by atoms with Gasteiger partial charge in [-0.2, -0.15) is 4.31 Å². The minimum atomic E-state index is -5.58. The number of amides is 2. The summed E-state index contributed by atoms with van der Waals surface area (Å²) in [6.45, 7) is 0.488. The zero-order chi connectivity index (χ0) is 44.7. The highest BCUT2D eigenvalue weighted by atomic mass is 32.2. The third kappa shape index (κ3) is 17.2. The lowest BCUT2D eigenvalue weighted by Crippen LogP contribution is -2.46. The Balaban J connectivity index is 1.40. The molecule has 0 spiro atoms. The van der Waals surface area contributed by atoms with Crippen molar-refractivity contribution < 1.29 is 85.3 Å². The molecule has 25 nitrogen and oxygen atoms in total. The van der Waals surface area contributed by atoms with Crippen molar-refractivity contribution in [3.05, 3.63) is 12.7 Å². The lowest BCUT2D eigenvalue weighted by atomic mass is 9.87. The van der Waals surface area contributed by atoms with Crippen LogP contribution >= 0.6 is 35.2 Å². The molecule has 0 aromatic carbocycles. The van der Waals surface area contributed by atoms with E-state index in [0.717, 1.165) is 73.8 Å². The van der Waals surface area contributed by atoms with Gasteiger partial charge in [0.2, 0.25) is 11.8 Å². The number of anilines is 1. The van der Waals surface area contributed by atoms with E-state index in [1.165, 1.54) is 13.8 Å². The summed E-state index contributed by atoms with van der Waals surface area (Å²) >= 11 is 1.11. The monoisotopic (exact) mass is 935 g/mol. The van der Waals surface area contributed by atoms with Crippen molar-refractivity contribution in [2.45, 2.75) is 102 Å². The number of phosphoric acid groups is 3. The van der Waals surface area contributed by atoms with Crippen molar-refractivity contribution in [1.82, 2.24) is 30.2 Å². The molecule has 0 radical (unpaired) electrons. The van der Waals surface area contributed by atoms with Crippen LogP contribution in [0.3, 0.4) is 0 Å². The van der Waals surface area contributed by atoms with E-state index in [9.17, 15) is 62.7 Å². The van der Waals surface area contributed by atoms with Crippen molar-refractivity contribution in [3.8, 4) is 0 Å². The van der Waals surface area contributed by atoms with Crippen molar-refractivity contribution in [1.29, 1.82) is 0 Å². The number of hydrogen-bond donors (Lipinski definition) is 9. The number of imidazole rings is 1. The van der Waals surface area contributed by atoms with Crippen LogP contribution in [0.4, 0.5) is 5.82 Å². The first-order chi connectivity index (χ1) is 28.1.